The van der Waals surface area contributed by atoms with Crippen LogP contribution in [0.2, 0.25) is 0 Å². The molecule has 2 atom stereocenters. The Labute approximate surface area is 436 Å². The summed E-state index contributed by atoms with van der Waals surface area (Å²) < 4.78 is 37.0. The van der Waals surface area contributed by atoms with Crippen molar-refractivity contribution in [3.63, 3.8) is 0 Å². The van der Waals surface area contributed by atoms with Gasteiger partial charge in [0, 0.05) is 42.6 Å². The second-order valence-corrected chi connectivity index (χ2v) is 21.3. The lowest BCUT2D eigenvalue weighted by atomic mass is 10.2. The number of H-pyrrole nitrogens is 6. The summed E-state index contributed by atoms with van der Waals surface area (Å²) in [6.45, 7) is 0. The average molecular weight is 1100 g/mol. The van der Waals surface area contributed by atoms with Gasteiger partial charge in [0.05, 0.1) is 0 Å². The molecule has 36 heteroatoms. The number of hydrogen-bond donors (Lipinski definition) is 6. The molecule has 0 amide bonds. The maximum atomic E-state index is 7.22. The highest BCUT2D eigenvalue weighted by Crippen LogP contribution is 2.78. The van der Waals surface area contributed by atoms with Crippen LogP contribution in [-0.4, -0.2) is 133 Å². The van der Waals surface area contributed by atoms with Gasteiger partial charge in [-0.15, -0.1) is 35.1 Å². The highest BCUT2D eigenvalue weighted by molar-refractivity contribution is 7.78. The number of rotatable bonds is 18. The highest BCUT2D eigenvalue weighted by atomic mass is 31.3. The molecule has 1 aliphatic heterocycles. The molecule has 0 fully saturated rings. The molecule has 0 aliphatic carbocycles. The van der Waals surface area contributed by atoms with Crippen LogP contribution < -0.4 is 27.8 Å². The number of benzene rings is 6. The van der Waals surface area contributed by atoms with E-state index in [4.69, 9.17) is 32.3 Å². The Hall–Kier alpha value is -10.5. The second-order valence-electron chi connectivity index (χ2n) is 15.8. The van der Waals surface area contributed by atoms with Crippen molar-refractivity contribution in [2.45, 2.75) is 0 Å². The first-order chi connectivity index (χ1) is 38.5. The lowest BCUT2D eigenvalue weighted by Gasteiger charge is -2.43. The summed E-state index contributed by atoms with van der Waals surface area (Å²) in [5.74, 6) is 4.40. The van der Waals surface area contributed by atoms with Crippen molar-refractivity contribution in [1.82, 2.24) is 133 Å². The zero-order chi connectivity index (χ0) is 52.1. The third-order valence-corrected chi connectivity index (χ3v) is 17.7. The Morgan fingerprint density at radius 1 is 0.321 bits per heavy atom. The van der Waals surface area contributed by atoms with Crippen molar-refractivity contribution in [2.24, 2.45) is 4.52 Å². The van der Waals surface area contributed by atoms with Crippen LogP contribution in [0.25, 0.3) is 68.3 Å². The minimum Gasteiger partial charge on any atom is -0.440 e. The van der Waals surface area contributed by atoms with Crippen LogP contribution in [0.1, 0.15) is 0 Å². The van der Waals surface area contributed by atoms with Crippen LogP contribution in [0.3, 0.4) is 0 Å². The fourth-order valence-corrected chi connectivity index (χ4v) is 14.7. The molecule has 13 rings (SSSR count). The van der Waals surface area contributed by atoms with Crippen molar-refractivity contribution < 1.29 is 27.8 Å². The summed E-state index contributed by atoms with van der Waals surface area (Å²) >= 11 is 0. The average Bonchev–Trinajstić information content (AvgIpc) is 4.38. The molecule has 1 aliphatic rings. The van der Waals surface area contributed by atoms with E-state index in [1.807, 2.05) is 0 Å². The quantitative estimate of drug-likeness (QED) is 0.0507. The van der Waals surface area contributed by atoms with E-state index in [1.54, 1.807) is 146 Å². The maximum Gasteiger partial charge on any atom is 0.447 e. The summed E-state index contributed by atoms with van der Waals surface area (Å²) in [6, 6.07) is 42.0. The van der Waals surface area contributed by atoms with Crippen molar-refractivity contribution in [1.29, 1.82) is 0 Å². The van der Waals surface area contributed by atoms with Crippen LogP contribution in [0.4, 0.5) is 0 Å². The van der Waals surface area contributed by atoms with E-state index in [1.165, 1.54) is 9.21 Å². The Bertz CT molecular complexity index is 3790. The van der Waals surface area contributed by atoms with Crippen molar-refractivity contribution >= 4 is 24.6 Å². The van der Waals surface area contributed by atoms with E-state index in [9.17, 15) is 0 Å². The van der Waals surface area contributed by atoms with E-state index in [0.29, 0.717) is 85.6 Å². The molecule has 0 saturated heterocycles. The van der Waals surface area contributed by atoms with Crippen LogP contribution in [0, 0.1) is 0 Å². The first-order valence-corrected chi connectivity index (χ1v) is 26.4. The van der Waals surface area contributed by atoms with Gasteiger partial charge in [-0.1, -0.05) is 0 Å². The second kappa shape index (κ2) is 21.1. The SMILES string of the molecule is c1cc(-c2nnn[nH]2)ccc1ON1P(Oc2ccc(-c3nnn[nH]3)cc2)N=P(Oc2ccc(-c3nnn[nH]3)cc2)(Oc2ccc(-c3nnn[nH]3)cc2)N(Oc2ccc(-c3nnn[nH]3)cc2)P1Oc1ccc(-c2nnn[nH]2)cc1. The van der Waals surface area contributed by atoms with Crippen molar-refractivity contribution in [3.8, 4) is 103 Å². The first-order valence-electron chi connectivity index (χ1n) is 22.5. The molecule has 12 aromatic rings. The highest BCUT2D eigenvalue weighted by Gasteiger charge is 2.58. The summed E-state index contributed by atoms with van der Waals surface area (Å²) in [5, 5.41) is 86.0. The van der Waals surface area contributed by atoms with Gasteiger partial charge in [-0.25, -0.2) is 30.6 Å². The van der Waals surface area contributed by atoms with Gasteiger partial charge in [-0.2, -0.15) is 0 Å². The molecule has 2 unspecified atom stereocenters. The van der Waals surface area contributed by atoms with Crippen LogP contribution in [-0.2, 0) is 0 Å². The minimum atomic E-state index is -4.29. The van der Waals surface area contributed by atoms with Gasteiger partial charge < -0.3 is 27.8 Å². The summed E-state index contributed by atoms with van der Waals surface area (Å²) in [7, 11) is -9.34. The van der Waals surface area contributed by atoms with Gasteiger partial charge in [0.15, 0.2) is 34.9 Å². The van der Waals surface area contributed by atoms with E-state index < -0.39 is 24.6 Å². The van der Waals surface area contributed by atoms with Crippen LogP contribution in [0.15, 0.2) is 150 Å². The number of tetrazole rings is 6. The molecule has 6 N–H and O–H groups in total. The monoisotopic (exact) mass is 1100 g/mol. The molecule has 0 bridgehead atoms. The number of hydrogen-bond acceptors (Lipinski definition) is 27. The Morgan fingerprint density at radius 3 is 0.910 bits per heavy atom. The number of aromatic amines is 6. The third-order valence-electron chi connectivity index (χ3n) is 10.9. The number of aromatic nitrogens is 24. The fourth-order valence-electron chi connectivity index (χ4n) is 7.18. The molecule has 6 aromatic carbocycles. The number of nitrogens with one attached hydrogen (secondary N) is 6. The smallest absolute Gasteiger partial charge is 0.440 e. The molecule has 6 aromatic heterocycles. The lowest BCUT2D eigenvalue weighted by molar-refractivity contribution is 0.0546. The van der Waals surface area contributed by atoms with Crippen LogP contribution >= 0.6 is 24.6 Å². The zero-order valence-electron chi connectivity index (χ0n) is 39.0. The Morgan fingerprint density at radius 2 is 0.603 bits per heavy atom. The van der Waals surface area contributed by atoms with E-state index in [2.05, 4.69) is 124 Å². The van der Waals surface area contributed by atoms with Crippen molar-refractivity contribution in [2.75, 3.05) is 0 Å². The summed E-state index contributed by atoms with van der Waals surface area (Å²) in [6.07, 6.45) is 0. The molecule has 0 radical (unpaired) electrons. The van der Waals surface area contributed by atoms with Gasteiger partial charge in [-0.05, 0) is 208 Å². The molecular formula is C42H30N27O6P3. The fraction of sp³-hybridized carbons (Fsp3) is 0. The summed E-state index contributed by atoms with van der Waals surface area (Å²) in [4.78, 5) is 14.0. The Kier molecular flexibility index (Phi) is 12.8. The van der Waals surface area contributed by atoms with Gasteiger partial charge in [0.25, 0.3) is 0 Å². The molecule has 7 heterocycles. The topological polar surface area (TPSA) is 401 Å². The van der Waals surface area contributed by atoms with E-state index in [-0.39, 0.29) is 17.2 Å². The molecule has 0 spiro atoms. The standard InChI is InChI=1S/C42H30N27O6P3/c1-13-31(14-2-25(1)37-43-55-56-44-37)70-68-76(72-33-17-5-27(6-18-33)39-47-59-60-48-39)67-78(74-35-21-9-29(10-22-35)41-51-63-64-52-41,75-36-23-11-30(12-24-36)42-53-65-66-54-42)69(71-32-15-3-26(4-16-32)38-45-57-58-46-38)77(68)73-34-19-7-28(8-20-34)40-49-61-62-50-40/h1-24H,(H,43,44,55,56)(H,45,46,57,58)(H,47,48,59,60)(H,49,50,61,62)(H,51,52,63,64)(H,53,54,65,66). The first kappa shape index (κ1) is 47.3. The third kappa shape index (κ3) is 10.1. The minimum absolute atomic E-state index is 0.276. The predicted octanol–water partition coefficient (Wildman–Crippen LogP) is 6.39. The molecule has 78 heavy (non-hydrogen) atoms. The molecule has 384 valence electrons. The molecule has 0 saturated carbocycles. The summed E-state index contributed by atoms with van der Waals surface area (Å²) in [5.41, 5.74) is 3.99. The van der Waals surface area contributed by atoms with Gasteiger partial charge in [0.2, 0.25) is 0 Å². The van der Waals surface area contributed by atoms with Gasteiger partial charge in [0.1, 0.15) is 34.5 Å². The van der Waals surface area contributed by atoms with Gasteiger partial charge in [-0.3, -0.25) is 0 Å². The van der Waals surface area contributed by atoms with E-state index in [0.717, 1.165) is 0 Å². The van der Waals surface area contributed by atoms with Gasteiger partial charge >= 0.3 is 24.6 Å². The maximum absolute atomic E-state index is 7.22. The lowest BCUT2D eigenvalue weighted by Crippen LogP contribution is -2.37. The number of nitrogens with zero attached hydrogens (tertiary/aromatic N) is 21. The molecule has 33 nitrogen and oxygen atoms in total. The molecular weight excluding hydrogens is 1070 g/mol. The normalized spacial score (nSPS) is 15.3. The predicted molar refractivity (Wildman–Crippen MR) is 268 cm³/mol. The van der Waals surface area contributed by atoms with Crippen molar-refractivity contribution in [3.05, 3.63) is 146 Å². The largest absolute Gasteiger partial charge is 0.447 e. The zero-order valence-corrected chi connectivity index (χ0v) is 41.7. The Balaban J connectivity index is 1.00. The van der Waals surface area contributed by atoms with Crippen LogP contribution in [0.5, 0.6) is 34.5 Å². The van der Waals surface area contributed by atoms with E-state index >= 15 is 0 Å².